The molecule has 0 heterocycles. The quantitative estimate of drug-likeness (QED) is 0.636. The predicted octanol–water partition coefficient (Wildman–Crippen LogP) is 3.86. The predicted molar refractivity (Wildman–Crippen MR) is 89.2 cm³/mol. The minimum atomic E-state index is -0.624. The Hall–Kier alpha value is -2.20. The second-order valence-electron chi connectivity index (χ2n) is 8.47. The van der Waals surface area contributed by atoms with Crippen molar-refractivity contribution in [2.45, 2.75) is 47.0 Å². The number of rotatable bonds is 0. The molecule has 0 spiro atoms. The van der Waals surface area contributed by atoms with E-state index in [4.69, 9.17) is 6.57 Å². The van der Waals surface area contributed by atoms with Crippen LogP contribution in [-0.4, -0.2) is 11.6 Å². The summed E-state index contributed by atoms with van der Waals surface area (Å²) in [6.07, 6.45) is 5.70. The highest BCUT2D eigenvalue weighted by molar-refractivity contribution is 6.03. The van der Waals surface area contributed by atoms with Crippen LogP contribution in [0, 0.1) is 46.0 Å². The number of hydrogen-bond acceptors (Lipinski definition) is 3. The minimum absolute atomic E-state index is 0.0637. The molecule has 3 aliphatic rings. The van der Waals surface area contributed by atoms with Crippen molar-refractivity contribution in [3.63, 3.8) is 0 Å². The van der Waals surface area contributed by atoms with E-state index in [0.717, 1.165) is 18.4 Å². The first kappa shape index (κ1) is 16.7. The van der Waals surface area contributed by atoms with Gasteiger partial charge in [-0.05, 0) is 36.7 Å². The SMILES string of the molecule is [C-]#[N+]C1=C[C@]2(C)C3=CC(=O)[C@H](C#N)C[C@]3(C)CC[C@H]2C(C)(C)C1=O. The lowest BCUT2D eigenvalue weighted by molar-refractivity contribution is -0.131. The van der Waals surface area contributed by atoms with Crippen LogP contribution in [0.3, 0.4) is 0 Å². The topological polar surface area (TPSA) is 62.3 Å². The lowest BCUT2D eigenvalue weighted by Crippen LogP contribution is -2.54. The molecule has 4 heteroatoms. The van der Waals surface area contributed by atoms with Gasteiger partial charge in [0, 0.05) is 10.8 Å². The van der Waals surface area contributed by atoms with Crippen molar-refractivity contribution in [1.29, 1.82) is 5.26 Å². The Balaban J connectivity index is 2.24. The van der Waals surface area contributed by atoms with Crippen LogP contribution in [0.2, 0.25) is 0 Å². The highest BCUT2D eigenvalue weighted by Gasteiger charge is 2.59. The molecule has 4 nitrogen and oxygen atoms in total. The number of nitriles is 1. The van der Waals surface area contributed by atoms with Gasteiger partial charge < -0.3 is 4.79 Å². The molecule has 0 radical (unpaired) electrons. The summed E-state index contributed by atoms with van der Waals surface area (Å²) < 4.78 is 0. The highest BCUT2D eigenvalue weighted by atomic mass is 16.1. The van der Waals surface area contributed by atoms with Gasteiger partial charge in [0.1, 0.15) is 5.92 Å². The van der Waals surface area contributed by atoms with Gasteiger partial charge in [0.25, 0.3) is 0 Å². The molecular weight excluding hydrogens is 300 g/mol. The lowest BCUT2D eigenvalue weighted by atomic mass is 9.45. The monoisotopic (exact) mass is 322 g/mol. The summed E-state index contributed by atoms with van der Waals surface area (Å²) in [5.74, 6) is -0.754. The van der Waals surface area contributed by atoms with Crippen molar-refractivity contribution in [2.75, 3.05) is 0 Å². The van der Waals surface area contributed by atoms with Gasteiger partial charge >= 0.3 is 0 Å². The molecule has 0 aromatic carbocycles. The molecule has 0 saturated heterocycles. The summed E-state index contributed by atoms with van der Waals surface area (Å²) in [7, 11) is 0. The van der Waals surface area contributed by atoms with Crippen molar-refractivity contribution in [1.82, 2.24) is 0 Å². The molecular formula is C20H22N2O2. The zero-order valence-corrected chi connectivity index (χ0v) is 14.6. The molecule has 0 unspecified atom stereocenters. The van der Waals surface area contributed by atoms with Crippen molar-refractivity contribution >= 4 is 11.6 Å². The van der Waals surface area contributed by atoms with E-state index in [1.54, 1.807) is 12.2 Å². The normalized spacial score (nSPS) is 40.4. The number of carbonyl (C=O) groups is 2. The number of ketones is 2. The van der Waals surface area contributed by atoms with Gasteiger partial charge in [-0.3, -0.25) is 4.79 Å². The maximum Gasteiger partial charge on any atom is 0.226 e. The van der Waals surface area contributed by atoms with Gasteiger partial charge in [-0.25, -0.2) is 4.85 Å². The van der Waals surface area contributed by atoms with Crippen molar-refractivity contribution in [3.05, 3.63) is 34.8 Å². The fraction of sp³-hybridized carbons (Fsp3) is 0.600. The molecule has 3 aliphatic carbocycles. The summed E-state index contributed by atoms with van der Waals surface area (Å²) in [6, 6.07) is 2.13. The second kappa shape index (κ2) is 4.90. The number of nitrogens with zero attached hydrogens (tertiary/aromatic N) is 2. The Bertz CT molecular complexity index is 789. The number of hydrogen-bond donors (Lipinski definition) is 0. The average Bonchev–Trinajstić information content (AvgIpc) is 2.52. The number of allylic oxidation sites excluding steroid dienone is 4. The summed E-state index contributed by atoms with van der Waals surface area (Å²) >= 11 is 0. The van der Waals surface area contributed by atoms with Gasteiger partial charge in [-0.15, -0.1) is 0 Å². The smallest absolute Gasteiger partial charge is 0.226 e. The Morgan fingerprint density at radius 1 is 1.29 bits per heavy atom. The molecule has 124 valence electrons. The van der Waals surface area contributed by atoms with E-state index in [1.165, 1.54) is 0 Å². The van der Waals surface area contributed by atoms with E-state index < -0.39 is 16.7 Å². The van der Waals surface area contributed by atoms with Gasteiger partial charge in [-0.2, -0.15) is 5.26 Å². The van der Waals surface area contributed by atoms with Crippen LogP contribution in [0.15, 0.2) is 23.4 Å². The molecule has 0 aromatic rings. The second-order valence-corrected chi connectivity index (χ2v) is 8.47. The molecule has 0 N–H and O–H groups in total. The van der Waals surface area contributed by atoms with Crippen LogP contribution < -0.4 is 0 Å². The van der Waals surface area contributed by atoms with Crippen molar-refractivity contribution in [2.24, 2.45) is 28.1 Å². The Kier molecular flexibility index (Phi) is 3.40. The van der Waals surface area contributed by atoms with E-state index in [0.29, 0.717) is 6.42 Å². The molecule has 0 amide bonds. The zero-order chi connectivity index (χ0) is 17.9. The van der Waals surface area contributed by atoms with Crippen LogP contribution in [0.1, 0.15) is 47.0 Å². The maximum absolute atomic E-state index is 12.7. The van der Waals surface area contributed by atoms with Crippen LogP contribution in [-0.2, 0) is 9.59 Å². The number of carbonyl (C=O) groups excluding carboxylic acids is 2. The average molecular weight is 322 g/mol. The standard InChI is InChI=1S/C20H22N2O2/c1-18(2)15-6-7-19(3)9-12(11-21)14(23)8-16(19)20(15,4)10-13(22-5)17(18)24/h8,10,12,15H,6-7,9H2,1-4H3/t12-,15-,19-,20-/m0/s1. The third-order valence-electron chi connectivity index (χ3n) is 6.63. The molecule has 1 fully saturated rings. The van der Waals surface area contributed by atoms with Crippen LogP contribution >= 0.6 is 0 Å². The highest BCUT2D eigenvalue weighted by Crippen LogP contribution is 2.64. The summed E-state index contributed by atoms with van der Waals surface area (Å²) in [6.45, 7) is 15.4. The molecule has 0 bridgehead atoms. The van der Waals surface area contributed by atoms with Crippen LogP contribution in [0.25, 0.3) is 4.85 Å². The molecule has 1 saturated carbocycles. The molecule has 0 aromatic heterocycles. The first-order valence-corrected chi connectivity index (χ1v) is 8.41. The Morgan fingerprint density at radius 3 is 2.54 bits per heavy atom. The molecule has 0 aliphatic heterocycles. The third-order valence-corrected chi connectivity index (χ3v) is 6.63. The van der Waals surface area contributed by atoms with E-state index in [2.05, 4.69) is 24.8 Å². The van der Waals surface area contributed by atoms with Gasteiger partial charge in [-0.1, -0.05) is 39.3 Å². The maximum atomic E-state index is 12.7. The van der Waals surface area contributed by atoms with Crippen LogP contribution in [0.5, 0.6) is 0 Å². The third kappa shape index (κ3) is 1.96. The van der Waals surface area contributed by atoms with Crippen molar-refractivity contribution in [3.8, 4) is 6.07 Å². The summed E-state index contributed by atoms with van der Waals surface area (Å²) in [5, 5.41) is 9.26. The van der Waals surface area contributed by atoms with E-state index in [1.807, 2.05) is 13.8 Å². The minimum Gasteiger partial charge on any atom is -0.307 e. The fourth-order valence-electron chi connectivity index (χ4n) is 5.39. The van der Waals surface area contributed by atoms with Gasteiger partial charge in [0.15, 0.2) is 11.6 Å². The summed E-state index contributed by atoms with van der Waals surface area (Å²) in [5.41, 5.74) is -0.149. The molecule has 4 atom stereocenters. The van der Waals surface area contributed by atoms with Crippen LogP contribution in [0.4, 0.5) is 0 Å². The van der Waals surface area contributed by atoms with E-state index in [-0.39, 0.29) is 28.6 Å². The molecule has 3 rings (SSSR count). The zero-order valence-electron chi connectivity index (χ0n) is 14.6. The van der Waals surface area contributed by atoms with Crippen molar-refractivity contribution < 1.29 is 9.59 Å². The first-order valence-electron chi connectivity index (χ1n) is 8.41. The largest absolute Gasteiger partial charge is 0.307 e. The Morgan fingerprint density at radius 2 is 1.96 bits per heavy atom. The van der Waals surface area contributed by atoms with Gasteiger partial charge in [0.05, 0.1) is 12.6 Å². The Labute approximate surface area is 143 Å². The first-order chi connectivity index (χ1) is 11.1. The molecule has 24 heavy (non-hydrogen) atoms. The fourth-order valence-corrected chi connectivity index (χ4v) is 5.39. The number of Topliss-reactive ketones (excluding diaryl/α,β-unsaturated/α-hetero) is 1. The lowest BCUT2D eigenvalue weighted by Gasteiger charge is -2.58. The number of fused-ring (bicyclic) bond motifs is 3. The van der Waals surface area contributed by atoms with E-state index in [9.17, 15) is 14.9 Å². The van der Waals surface area contributed by atoms with Gasteiger partial charge in [0.2, 0.25) is 5.70 Å². The van der Waals surface area contributed by atoms with E-state index >= 15 is 0 Å². The summed E-state index contributed by atoms with van der Waals surface area (Å²) in [4.78, 5) is 28.5.